The summed E-state index contributed by atoms with van der Waals surface area (Å²) >= 11 is 5.59. The Morgan fingerprint density at radius 2 is 2.04 bits per heavy atom. The summed E-state index contributed by atoms with van der Waals surface area (Å²) in [6, 6.07) is 2.78. The molecule has 0 saturated carbocycles. The summed E-state index contributed by atoms with van der Waals surface area (Å²) in [4.78, 5) is 11.1. The number of aliphatic imine (C=N–C) groups is 1. The molecule has 0 spiro atoms. The van der Waals surface area contributed by atoms with E-state index in [1.54, 1.807) is 0 Å². The summed E-state index contributed by atoms with van der Waals surface area (Å²) in [5.74, 6) is -5.26. The summed E-state index contributed by atoms with van der Waals surface area (Å²) < 4.78 is 62.1. The Balaban J connectivity index is 2.06. The number of hydrogen-bond donors (Lipinski definition) is 1. The van der Waals surface area contributed by atoms with Crippen LogP contribution < -0.4 is 5.73 Å². The first-order valence-electron chi connectivity index (χ1n) is 7.63. The van der Waals surface area contributed by atoms with Gasteiger partial charge in [0.2, 0.25) is 0 Å². The van der Waals surface area contributed by atoms with Gasteiger partial charge >= 0.3 is 5.92 Å². The molecule has 10 heteroatoms. The number of hydrogen-bond acceptors (Lipinski definition) is 5. The van der Waals surface area contributed by atoms with Crippen LogP contribution in [0.15, 0.2) is 35.6 Å². The number of amidine groups is 1. The molecule has 3 rings (SSSR count). The maximum absolute atomic E-state index is 14.4. The van der Waals surface area contributed by atoms with E-state index in [4.69, 9.17) is 17.3 Å². The normalized spacial score (nSPS) is 22.1. The molecule has 1 aromatic heterocycles. The molecule has 0 fully saturated rings. The Morgan fingerprint density at radius 3 is 2.70 bits per heavy atom. The Hall–Kier alpha value is -2.68. The van der Waals surface area contributed by atoms with Gasteiger partial charge in [-0.15, -0.1) is 0 Å². The van der Waals surface area contributed by atoms with E-state index in [0.29, 0.717) is 0 Å². The number of halogens is 5. The highest BCUT2D eigenvalue weighted by Crippen LogP contribution is 2.44. The lowest BCUT2D eigenvalue weighted by Gasteiger charge is -2.37. The number of alkyl halides is 2. The van der Waals surface area contributed by atoms with Gasteiger partial charge < -0.3 is 10.5 Å². The third-order valence-electron chi connectivity index (χ3n) is 4.12. The third kappa shape index (κ3) is 3.59. The highest BCUT2D eigenvalue weighted by molar-refractivity contribution is 6.29. The zero-order valence-electron chi connectivity index (χ0n) is 13.9. The van der Waals surface area contributed by atoms with E-state index in [9.17, 15) is 17.6 Å². The molecule has 1 atom stereocenters. The van der Waals surface area contributed by atoms with Crippen molar-refractivity contribution in [1.29, 1.82) is 0 Å². The molecule has 27 heavy (non-hydrogen) atoms. The molecule has 1 aliphatic rings. The molecule has 0 unspecified atom stereocenters. The van der Waals surface area contributed by atoms with E-state index in [1.165, 1.54) is 6.07 Å². The van der Waals surface area contributed by atoms with Crippen LogP contribution in [0.3, 0.4) is 0 Å². The van der Waals surface area contributed by atoms with E-state index in [0.717, 1.165) is 37.5 Å². The highest BCUT2D eigenvalue weighted by atomic mass is 35.5. The predicted molar refractivity (Wildman–Crippen MR) is 92.3 cm³/mol. The molecular formula is C17H13ClF4N4O. The Labute approximate surface area is 156 Å². The summed E-state index contributed by atoms with van der Waals surface area (Å²) in [6.07, 6.45) is 3.27. The third-order valence-corrected chi connectivity index (χ3v) is 4.32. The molecule has 0 saturated heterocycles. The van der Waals surface area contributed by atoms with Crippen molar-refractivity contribution in [3.05, 3.63) is 58.4 Å². The van der Waals surface area contributed by atoms with Crippen molar-refractivity contribution >= 4 is 29.5 Å². The summed E-state index contributed by atoms with van der Waals surface area (Å²) in [5, 5.41) is 0.0840. The highest BCUT2D eigenvalue weighted by Gasteiger charge is 2.56. The molecule has 0 amide bonds. The maximum atomic E-state index is 14.4. The summed E-state index contributed by atoms with van der Waals surface area (Å²) in [5.41, 5.74) is 2.66. The smallest absolute Gasteiger partial charge is 0.310 e. The van der Waals surface area contributed by atoms with Gasteiger partial charge in [0.25, 0.3) is 6.02 Å². The first-order valence-corrected chi connectivity index (χ1v) is 8.01. The lowest BCUT2D eigenvalue weighted by Crippen LogP contribution is -2.51. The van der Waals surface area contributed by atoms with Crippen molar-refractivity contribution in [2.75, 3.05) is 6.61 Å². The number of aromatic nitrogens is 2. The fourth-order valence-electron chi connectivity index (χ4n) is 2.56. The van der Waals surface area contributed by atoms with Crippen LogP contribution in [0.1, 0.15) is 23.7 Å². The standard InChI is InChI=1S/C17H13ClF4N4O/c1-16(17(21,22)8-27-15(23)26-16)10-4-9(2-3-11(10)19)5-12(20)13-6-25-14(18)7-24-13/h2-7H,8H2,1H3,(H2,23,26)/b12-5-/t16-/m1/s1. The number of nitrogens with zero attached hydrogens (tertiary/aromatic N) is 3. The van der Waals surface area contributed by atoms with Crippen LogP contribution in [0.5, 0.6) is 0 Å². The van der Waals surface area contributed by atoms with Gasteiger partial charge in [0, 0.05) is 5.56 Å². The van der Waals surface area contributed by atoms with E-state index < -0.39 is 41.3 Å². The van der Waals surface area contributed by atoms with E-state index >= 15 is 0 Å². The SMILES string of the molecule is C[C@]1(c2cc(/C=C(\F)c3cnc(Cl)cn3)ccc2F)N=C(N)OCC1(F)F. The minimum Gasteiger partial charge on any atom is -0.459 e. The van der Waals surface area contributed by atoms with Gasteiger partial charge in [0.05, 0.1) is 12.4 Å². The predicted octanol–water partition coefficient (Wildman–Crippen LogP) is 3.93. The lowest BCUT2D eigenvalue weighted by molar-refractivity contribution is -0.117. The number of benzene rings is 1. The van der Waals surface area contributed by atoms with Crippen LogP contribution in [-0.2, 0) is 10.3 Å². The van der Waals surface area contributed by atoms with Crippen LogP contribution in [0.25, 0.3) is 11.9 Å². The van der Waals surface area contributed by atoms with Gasteiger partial charge in [-0.2, -0.15) is 8.78 Å². The quantitative estimate of drug-likeness (QED) is 0.792. The first-order chi connectivity index (χ1) is 12.6. The van der Waals surface area contributed by atoms with Gasteiger partial charge in [-0.05, 0) is 30.7 Å². The van der Waals surface area contributed by atoms with E-state index in [-0.39, 0.29) is 16.4 Å². The molecule has 0 bridgehead atoms. The first kappa shape index (κ1) is 19.1. The topological polar surface area (TPSA) is 73.4 Å². The van der Waals surface area contributed by atoms with E-state index in [1.807, 2.05) is 0 Å². The van der Waals surface area contributed by atoms with Crippen molar-refractivity contribution in [1.82, 2.24) is 9.97 Å². The molecule has 5 nitrogen and oxygen atoms in total. The molecule has 2 heterocycles. The summed E-state index contributed by atoms with van der Waals surface area (Å²) in [7, 11) is 0. The Bertz CT molecular complexity index is 933. The van der Waals surface area contributed by atoms with Crippen LogP contribution in [0, 0.1) is 5.82 Å². The van der Waals surface area contributed by atoms with Gasteiger partial charge in [-0.25, -0.2) is 23.7 Å². The second-order valence-corrected chi connectivity index (χ2v) is 6.36. The number of ether oxygens (including phenoxy) is 1. The number of nitrogens with two attached hydrogens (primary N) is 1. The molecule has 142 valence electrons. The molecular weight excluding hydrogens is 388 g/mol. The second kappa shape index (κ2) is 6.80. The average Bonchev–Trinajstić information content (AvgIpc) is 2.61. The van der Waals surface area contributed by atoms with Crippen LogP contribution >= 0.6 is 11.6 Å². The van der Waals surface area contributed by atoms with Crippen molar-refractivity contribution in [2.45, 2.75) is 18.4 Å². The molecule has 0 aliphatic carbocycles. The molecule has 2 N–H and O–H groups in total. The Kier molecular flexibility index (Phi) is 4.81. The van der Waals surface area contributed by atoms with Crippen molar-refractivity contribution < 1.29 is 22.3 Å². The monoisotopic (exact) mass is 400 g/mol. The van der Waals surface area contributed by atoms with Crippen molar-refractivity contribution in [2.24, 2.45) is 10.7 Å². The van der Waals surface area contributed by atoms with Gasteiger partial charge in [0.1, 0.15) is 16.7 Å². The number of rotatable bonds is 3. The van der Waals surface area contributed by atoms with Crippen molar-refractivity contribution in [3.63, 3.8) is 0 Å². The summed E-state index contributed by atoms with van der Waals surface area (Å²) in [6.45, 7) is -0.0115. The zero-order valence-corrected chi connectivity index (χ0v) is 14.6. The minimum absolute atomic E-state index is 0.0840. The largest absolute Gasteiger partial charge is 0.459 e. The van der Waals surface area contributed by atoms with Crippen LogP contribution in [0.4, 0.5) is 17.6 Å². The average molecular weight is 401 g/mol. The molecule has 1 aromatic carbocycles. The van der Waals surface area contributed by atoms with Crippen molar-refractivity contribution in [3.8, 4) is 0 Å². The molecule has 0 radical (unpaired) electrons. The fraction of sp³-hybridized carbons (Fsp3) is 0.235. The van der Waals surface area contributed by atoms with Gasteiger partial charge in [0.15, 0.2) is 18.0 Å². The Morgan fingerprint density at radius 1 is 1.30 bits per heavy atom. The van der Waals surface area contributed by atoms with E-state index in [2.05, 4.69) is 19.7 Å². The molecule has 1 aliphatic heterocycles. The fourth-order valence-corrected chi connectivity index (χ4v) is 2.66. The lowest BCUT2D eigenvalue weighted by atomic mass is 9.84. The van der Waals surface area contributed by atoms with Crippen LogP contribution in [0.2, 0.25) is 5.15 Å². The van der Waals surface area contributed by atoms with Gasteiger partial charge in [-0.1, -0.05) is 17.7 Å². The zero-order chi connectivity index (χ0) is 19.8. The second-order valence-electron chi connectivity index (χ2n) is 5.97. The van der Waals surface area contributed by atoms with Gasteiger partial charge in [-0.3, -0.25) is 0 Å². The minimum atomic E-state index is -3.53. The molecule has 2 aromatic rings. The maximum Gasteiger partial charge on any atom is 0.310 e. The van der Waals surface area contributed by atoms with Crippen LogP contribution in [-0.4, -0.2) is 28.5 Å².